The van der Waals surface area contributed by atoms with Gasteiger partial charge in [-0.2, -0.15) is 0 Å². The molecule has 0 saturated heterocycles. The van der Waals surface area contributed by atoms with E-state index in [1.54, 1.807) is 0 Å². The Morgan fingerprint density at radius 1 is 1.29 bits per heavy atom. The minimum atomic E-state index is -0.888. The van der Waals surface area contributed by atoms with Crippen LogP contribution in [0.2, 0.25) is 0 Å². The van der Waals surface area contributed by atoms with Gasteiger partial charge in [-0.3, -0.25) is 4.79 Å². The van der Waals surface area contributed by atoms with E-state index in [2.05, 4.69) is 17.4 Å². The maximum Gasteiger partial charge on any atom is 0.305 e. The summed E-state index contributed by atoms with van der Waals surface area (Å²) < 4.78 is 0. The van der Waals surface area contributed by atoms with Crippen LogP contribution >= 0.6 is 0 Å². The second-order valence-corrected chi connectivity index (χ2v) is 5.84. The van der Waals surface area contributed by atoms with Crippen molar-refractivity contribution in [1.29, 1.82) is 0 Å². The lowest BCUT2D eigenvalue weighted by molar-refractivity contribution is -0.138. The van der Waals surface area contributed by atoms with E-state index in [-0.39, 0.29) is 6.42 Å². The van der Waals surface area contributed by atoms with Crippen LogP contribution in [0.15, 0.2) is 18.2 Å². The number of aliphatic carboxylic acids is 1. The van der Waals surface area contributed by atoms with Gasteiger partial charge in [-0.05, 0) is 55.3 Å². The molecule has 4 heteroatoms. The highest BCUT2D eigenvalue weighted by Gasteiger charge is 2.24. The van der Waals surface area contributed by atoms with E-state index in [9.17, 15) is 9.90 Å². The maximum atomic E-state index is 11.0. The van der Waals surface area contributed by atoms with E-state index >= 15 is 0 Å². The lowest BCUT2D eigenvalue weighted by Gasteiger charge is -2.25. The fourth-order valence-electron chi connectivity index (χ4n) is 2.98. The van der Waals surface area contributed by atoms with Crippen LogP contribution in [0, 0.1) is 0 Å². The molecule has 2 atom stereocenters. The lowest BCUT2D eigenvalue weighted by atomic mass is 9.88. The molecule has 1 aliphatic rings. The Kier molecular flexibility index (Phi) is 5.76. The Morgan fingerprint density at radius 2 is 2.00 bits per heavy atom. The largest absolute Gasteiger partial charge is 0.481 e. The average Bonchev–Trinajstić information content (AvgIpc) is 2.50. The fraction of sp³-hybridized carbons (Fsp3) is 0.588. The molecule has 1 aliphatic carbocycles. The molecule has 0 radical (unpaired) electrons. The van der Waals surface area contributed by atoms with Crippen LogP contribution in [0.4, 0.5) is 0 Å². The van der Waals surface area contributed by atoms with Gasteiger partial charge in [0.05, 0.1) is 12.5 Å². The molecule has 116 valence electrons. The fourth-order valence-corrected chi connectivity index (χ4v) is 2.98. The van der Waals surface area contributed by atoms with Crippen molar-refractivity contribution >= 4 is 5.97 Å². The van der Waals surface area contributed by atoms with Gasteiger partial charge in [-0.1, -0.05) is 25.1 Å². The molecular weight excluding hydrogens is 266 g/mol. The summed E-state index contributed by atoms with van der Waals surface area (Å²) in [6, 6.07) is 5.65. The Hall–Kier alpha value is -1.39. The van der Waals surface area contributed by atoms with Gasteiger partial charge in [-0.15, -0.1) is 0 Å². The van der Waals surface area contributed by atoms with Gasteiger partial charge in [0.2, 0.25) is 0 Å². The summed E-state index contributed by atoms with van der Waals surface area (Å²) in [6.07, 6.45) is 4.65. The molecule has 21 heavy (non-hydrogen) atoms. The molecule has 4 nitrogen and oxygen atoms in total. The Labute approximate surface area is 126 Å². The third-order valence-electron chi connectivity index (χ3n) is 4.15. The summed E-state index contributed by atoms with van der Waals surface area (Å²) in [7, 11) is 0. The monoisotopic (exact) mass is 291 g/mol. The molecule has 0 aliphatic heterocycles. The van der Waals surface area contributed by atoms with E-state index < -0.39 is 18.1 Å². The number of aliphatic hydroxyl groups excluding tert-OH is 1. The van der Waals surface area contributed by atoms with Crippen molar-refractivity contribution < 1.29 is 15.0 Å². The highest BCUT2D eigenvalue weighted by Crippen LogP contribution is 2.26. The minimum Gasteiger partial charge on any atom is -0.481 e. The van der Waals surface area contributed by atoms with Crippen molar-refractivity contribution in [2.45, 2.75) is 57.6 Å². The van der Waals surface area contributed by atoms with Crippen LogP contribution < -0.4 is 5.32 Å². The predicted octanol–water partition coefficient (Wildman–Crippen LogP) is 2.44. The number of nitrogens with one attached hydrogen (secondary N) is 1. The van der Waals surface area contributed by atoms with Gasteiger partial charge >= 0.3 is 5.97 Å². The molecule has 2 rings (SSSR count). The molecular formula is C17H25NO3. The topological polar surface area (TPSA) is 69.6 Å². The zero-order chi connectivity index (χ0) is 15.2. The highest BCUT2D eigenvalue weighted by atomic mass is 16.4. The number of fused-ring (bicyclic) bond motifs is 1. The van der Waals surface area contributed by atoms with E-state index in [0.29, 0.717) is 6.54 Å². The van der Waals surface area contributed by atoms with Crippen molar-refractivity contribution in [3.8, 4) is 0 Å². The first-order chi connectivity index (χ1) is 10.1. The number of benzene rings is 1. The van der Waals surface area contributed by atoms with Crippen molar-refractivity contribution in [3.05, 3.63) is 34.9 Å². The zero-order valence-corrected chi connectivity index (χ0v) is 12.6. The first-order valence-electron chi connectivity index (χ1n) is 7.86. The van der Waals surface area contributed by atoms with Gasteiger partial charge in [0.25, 0.3) is 0 Å². The molecule has 1 aromatic carbocycles. The van der Waals surface area contributed by atoms with Crippen LogP contribution in [0.25, 0.3) is 0 Å². The Bertz CT molecular complexity index is 487. The third kappa shape index (κ3) is 4.29. The number of hydrogen-bond donors (Lipinski definition) is 3. The number of carbonyl (C=O) groups is 1. The summed E-state index contributed by atoms with van der Waals surface area (Å²) in [5.74, 6) is -0.888. The van der Waals surface area contributed by atoms with Gasteiger partial charge in [-0.25, -0.2) is 0 Å². The summed E-state index contributed by atoms with van der Waals surface area (Å²) in [6.45, 7) is 2.73. The quantitative estimate of drug-likeness (QED) is 0.721. The van der Waals surface area contributed by atoms with Crippen molar-refractivity contribution in [2.75, 3.05) is 6.54 Å². The van der Waals surface area contributed by atoms with Crippen LogP contribution in [-0.2, 0) is 17.6 Å². The number of aryl methyl sites for hydroxylation is 2. The first-order valence-corrected chi connectivity index (χ1v) is 7.86. The Morgan fingerprint density at radius 3 is 2.67 bits per heavy atom. The third-order valence-corrected chi connectivity index (χ3v) is 4.15. The minimum absolute atomic E-state index is 0.0712. The van der Waals surface area contributed by atoms with E-state index in [0.717, 1.165) is 24.8 Å². The molecule has 0 aromatic heterocycles. The molecule has 0 amide bonds. The summed E-state index contributed by atoms with van der Waals surface area (Å²) in [5.41, 5.74) is 3.50. The average molecular weight is 291 g/mol. The number of aliphatic hydroxyl groups is 1. The molecule has 0 saturated carbocycles. The highest BCUT2D eigenvalue weighted by molar-refractivity contribution is 5.67. The predicted molar refractivity (Wildman–Crippen MR) is 82.4 cm³/mol. The second kappa shape index (κ2) is 7.57. The molecule has 3 N–H and O–H groups in total. The molecule has 2 unspecified atom stereocenters. The van der Waals surface area contributed by atoms with Crippen molar-refractivity contribution in [3.63, 3.8) is 0 Å². The number of carboxylic acid groups (broad SMARTS) is 1. The second-order valence-electron chi connectivity index (χ2n) is 5.84. The molecule has 1 aromatic rings. The van der Waals surface area contributed by atoms with E-state index in [1.165, 1.54) is 24.0 Å². The lowest BCUT2D eigenvalue weighted by Crippen LogP contribution is -2.37. The van der Waals surface area contributed by atoms with Crippen LogP contribution in [0.5, 0.6) is 0 Å². The van der Waals surface area contributed by atoms with Gasteiger partial charge in [0.15, 0.2) is 0 Å². The Balaban J connectivity index is 2.14. The summed E-state index contributed by atoms with van der Waals surface area (Å²) >= 11 is 0. The first kappa shape index (κ1) is 16.0. The zero-order valence-electron chi connectivity index (χ0n) is 12.6. The summed E-state index contributed by atoms with van der Waals surface area (Å²) in [4.78, 5) is 11.0. The van der Waals surface area contributed by atoms with Gasteiger partial charge in [0.1, 0.15) is 0 Å². The standard InChI is InChI=1S/C17H25NO3/c1-2-9-18-15(11-16(19)20)17(21)14-8-7-12-5-3-4-6-13(12)10-14/h7-8,10,15,17-18,21H,2-6,9,11H2,1H3,(H,19,20). The van der Waals surface area contributed by atoms with Gasteiger partial charge < -0.3 is 15.5 Å². The SMILES string of the molecule is CCCNC(CC(=O)O)C(O)c1ccc2c(c1)CCCC2. The number of hydrogen-bond acceptors (Lipinski definition) is 3. The van der Waals surface area contributed by atoms with Crippen molar-refractivity contribution in [1.82, 2.24) is 5.32 Å². The number of rotatable bonds is 7. The van der Waals surface area contributed by atoms with E-state index in [1.807, 2.05) is 13.0 Å². The summed E-state index contributed by atoms with van der Waals surface area (Å²) in [5, 5.41) is 22.7. The van der Waals surface area contributed by atoms with Crippen LogP contribution in [0.3, 0.4) is 0 Å². The normalized spacial score (nSPS) is 17.0. The molecule has 0 bridgehead atoms. The van der Waals surface area contributed by atoms with E-state index in [4.69, 9.17) is 5.11 Å². The number of carboxylic acids is 1. The smallest absolute Gasteiger partial charge is 0.305 e. The van der Waals surface area contributed by atoms with Crippen LogP contribution in [0.1, 0.15) is 55.4 Å². The molecule has 0 heterocycles. The van der Waals surface area contributed by atoms with Gasteiger partial charge in [0, 0.05) is 6.04 Å². The maximum absolute atomic E-state index is 11.0. The molecule has 0 spiro atoms. The van der Waals surface area contributed by atoms with Crippen LogP contribution in [-0.4, -0.2) is 28.8 Å². The molecule has 0 fully saturated rings. The van der Waals surface area contributed by atoms with Crippen molar-refractivity contribution in [2.24, 2.45) is 0 Å².